The Bertz CT molecular complexity index is 964. The maximum atomic E-state index is 10.7. The Balaban J connectivity index is 0.00000192. The molecule has 0 bridgehead atoms. The Hall–Kier alpha value is -2.04. The second kappa shape index (κ2) is 8.14. The van der Waals surface area contributed by atoms with Crippen LogP contribution in [0.4, 0.5) is 0 Å². The first kappa shape index (κ1) is 19.3. The second-order valence-corrected chi connectivity index (χ2v) is 7.95. The monoisotopic (exact) mass is 398 g/mol. The van der Waals surface area contributed by atoms with E-state index in [9.17, 15) is 5.11 Å². The van der Waals surface area contributed by atoms with Gasteiger partial charge in [-0.3, -0.25) is 0 Å². The smallest absolute Gasteiger partial charge is 0.119 e. The van der Waals surface area contributed by atoms with Gasteiger partial charge in [0.2, 0.25) is 0 Å². The second-order valence-electron chi connectivity index (χ2n) is 7.95. The van der Waals surface area contributed by atoms with Crippen LogP contribution in [0.1, 0.15) is 48.6 Å². The zero-order chi connectivity index (χ0) is 18.2. The van der Waals surface area contributed by atoms with Crippen molar-refractivity contribution in [2.45, 2.75) is 57.1 Å². The number of benzene rings is 2. The fourth-order valence-corrected chi connectivity index (χ4v) is 4.36. The highest BCUT2D eigenvalue weighted by molar-refractivity contribution is 5.85. The van der Waals surface area contributed by atoms with E-state index in [2.05, 4.69) is 28.8 Å². The molecule has 0 aliphatic heterocycles. The molecule has 2 aliphatic rings. The van der Waals surface area contributed by atoms with Gasteiger partial charge in [-0.05, 0) is 67.5 Å². The standard InChI is InChI=1S/C23H26N2O2.ClH/c26-19(15-27-20-12-11-16-5-3-8-18(16)13-20)14-25-22-10-2-1-9-21(22)24-23(25)17-6-4-7-17;/h1-2,9-13,17,19,26H,3-8,14-15H2;1H. The van der Waals surface area contributed by atoms with E-state index in [1.165, 1.54) is 43.2 Å². The van der Waals surface area contributed by atoms with Crippen molar-refractivity contribution >= 4 is 23.4 Å². The van der Waals surface area contributed by atoms with E-state index in [0.717, 1.165) is 29.0 Å². The van der Waals surface area contributed by atoms with Crippen LogP contribution < -0.4 is 4.74 Å². The summed E-state index contributed by atoms with van der Waals surface area (Å²) < 4.78 is 8.12. The quantitative estimate of drug-likeness (QED) is 0.657. The normalized spacial score (nSPS) is 17.0. The van der Waals surface area contributed by atoms with Gasteiger partial charge in [-0.25, -0.2) is 4.98 Å². The van der Waals surface area contributed by atoms with Gasteiger partial charge in [0.1, 0.15) is 24.3 Å². The van der Waals surface area contributed by atoms with Gasteiger partial charge in [0.05, 0.1) is 17.6 Å². The summed E-state index contributed by atoms with van der Waals surface area (Å²) in [5, 5.41) is 10.7. The number of aliphatic hydroxyl groups excluding tert-OH is 1. The molecule has 0 radical (unpaired) electrons. The molecule has 1 aromatic heterocycles. The number of para-hydroxylation sites is 2. The molecular formula is C23H27ClN2O2. The Kier molecular flexibility index (Phi) is 5.61. The zero-order valence-corrected chi connectivity index (χ0v) is 16.8. The summed E-state index contributed by atoms with van der Waals surface area (Å²) in [6.07, 6.45) is 6.67. The molecule has 1 saturated carbocycles. The summed E-state index contributed by atoms with van der Waals surface area (Å²) in [6, 6.07) is 14.6. The average molecular weight is 399 g/mol. The summed E-state index contributed by atoms with van der Waals surface area (Å²) in [5.74, 6) is 2.52. The maximum Gasteiger partial charge on any atom is 0.119 e. The molecule has 4 nitrogen and oxygen atoms in total. The Morgan fingerprint density at radius 1 is 1.07 bits per heavy atom. The maximum absolute atomic E-state index is 10.7. The number of nitrogens with zero attached hydrogens (tertiary/aromatic N) is 2. The van der Waals surface area contributed by atoms with E-state index in [1.54, 1.807) is 0 Å². The SMILES string of the molecule is Cl.OC(COc1ccc2c(c1)CCC2)Cn1c(C2CCC2)nc2ccccc21. The molecular weight excluding hydrogens is 372 g/mol. The molecule has 2 aromatic carbocycles. The van der Waals surface area contributed by atoms with Crippen molar-refractivity contribution in [3.05, 3.63) is 59.4 Å². The number of aromatic nitrogens is 2. The van der Waals surface area contributed by atoms with E-state index < -0.39 is 6.10 Å². The fourth-order valence-electron chi connectivity index (χ4n) is 4.36. The number of halogens is 1. The number of imidazole rings is 1. The Morgan fingerprint density at radius 2 is 1.89 bits per heavy atom. The lowest BCUT2D eigenvalue weighted by atomic mass is 9.85. The van der Waals surface area contributed by atoms with Crippen LogP contribution in [-0.2, 0) is 19.4 Å². The van der Waals surface area contributed by atoms with E-state index in [4.69, 9.17) is 9.72 Å². The van der Waals surface area contributed by atoms with Crippen molar-refractivity contribution in [1.29, 1.82) is 0 Å². The molecule has 28 heavy (non-hydrogen) atoms. The van der Waals surface area contributed by atoms with Crippen LogP contribution in [0.5, 0.6) is 5.75 Å². The topological polar surface area (TPSA) is 47.3 Å². The van der Waals surface area contributed by atoms with Gasteiger partial charge in [0.15, 0.2) is 0 Å². The molecule has 1 heterocycles. The molecule has 2 aliphatic carbocycles. The van der Waals surface area contributed by atoms with Gasteiger partial charge < -0.3 is 14.4 Å². The first-order valence-electron chi connectivity index (χ1n) is 10.2. The Labute approximate surface area is 172 Å². The number of aliphatic hydroxyl groups is 1. The third-order valence-corrected chi connectivity index (χ3v) is 6.06. The highest BCUT2D eigenvalue weighted by Crippen LogP contribution is 2.37. The van der Waals surface area contributed by atoms with E-state index in [0.29, 0.717) is 19.1 Å². The van der Waals surface area contributed by atoms with Crippen molar-refractivity contribution in [2.75, 3.05) is 6.61 Å². The fraction of sp³-hybridized carbons (Fsp3) is 0.435. The summed E-state index contributed by atoms with van der Waals surface area (Å²) in [7, 11) is 0. The molecule has 1 unspecified atom stereocenters. The number of hydrogen-bond donors (Lipinski definition) is 1. The van der Waals surface area contributed by atoms with Gasteiger partial charge in [-0.1, -0.05) is 24.6 Å². The molecule has 1 fully saturated rings. The lowest BCUT2D eigenvalue weighted by Crippen LogP contribution is -2.26. The average Bonchev–Trinajstić information content (AvgIpc) is 3.23. The lowest BCUT2D eigenvalue weighted by Gasteiger charge is -2.26. The predicted octanol–water partition coefficient (Wildman–Crippen LogP) is 4.65. The zero-order valence-electron chi connectivity index (χ0n) is 16.0. The molecule has 1 N–H and O–H groups in total. The first-order valence-corrected chi connectivity index (χ1v) is 10.2. The summed E-state index contributed by atoms with van der Waals surface area (Å²) in [6.45, 7) is 0.826. The highest BCUT2D eigenvalue weighted by atomic mass is 35.5. The number of hydrogen-bond acceptors (Lipinski definition) is 3. The van der Waals surface area contributed by atoms with Crippen LogP contribution in [0.2, 0.25) is 0 Å². The first-order chi connectivity index (χ1) is 13.3. The minimum atomic E-state index is -0.560. The third kappa shape index (κ3) is 3.63. The van der Waals surface area contributed by atoms with Crippen LogP contribution in [0.25, 0.3) is 11.0 Å². The molecule has 0 saturated heterocycles. The van der Waals surface area contributed by atoms with E-state index in [-0.39, 0.29) is 12.4 Å². The van der Waals surface area contributed by atoms with Crippen molar-refractivity contribution in [2.24, 2.45) is 0 Å². The lowest BCUT2D eigenvalue weighted by molar-refractivity contribution is 0.0919. The molecule has 0 amide bonds. The van der Waals surface area contributed by atoms with Gasteiger partial charge in [0.25, 0.3) is 0 Å². The van der Waals surface area contributed by atoms with E-state index >= 15 is 0 Å². The van der Waals surface area contributed by atoms with Gasteiger partial charge in [-0.15, -0.1) is 12.4 Å². The third-order valence-electron chi connectivity index (χ3n) is 6.06. The van der Waals surface area contributed by atoms with E-state index in [1.807, 2.05) is 18.2 Å². The molecule has 0 spiro atoms. The summed E-state index contributed by atoms with van der Waals surface area (Å²) >= 11 is 0. The highest BCUT2D eigenvalue weighted by Gasteiger charge is 2.26. The van der Waals surface area contributed by atoms with Crippen LogP contribution >= 0.6 is 12.4 Å². The van der Waals surface area contributed by atoms with Crippen LogP contribution in [-0.4, -0.2) is 27.4 Å². The molecule has 5 rings (SSSR count). The minimum Gasteiger partial charge on any atom is -0.491 e. The van der Waals surface area contributed by atoms with Gasteiger partial charge in [-0.2, -0.15) is 0 Å². The predicted molar refractivity (Wildman–Crippen MR) is 114 cm³/mol. The number of ether oxygens (including phenoxy) is 1. The van der Waals surface area contributed by atoms with Gasteiger partial charge in [0, 0.05) is 5.92 Å². The molecule has 3 aromatic rings. The van der Waals surface area contributed by atoms with Crippen LogP contribution in [0.15, 0.2) is 42.5 Å². The molecule has 1 atom stereocenters. The molecule has 5 heteroatoms. The van der Waals surface area contributed by atoms with Crippen LogP contribution in [0.3, 0.4) is 0 Å². The van der Waals surface area contributed by atoms with Crippen molar-refractivity contribution in [3.8, 4) is 5.75 Å². The number of fused-ring (bicyclic) bond motifs is 2. The minimum absolute atomic E-state index is 0. The van der Waals surface area contributed by atoms with Gasteiger partial charge >= 0.3 is 0 Å². The number of aryl methyl sites for hydroxylation is 2. The summed E-state index contributed by atoms with van der Waals surface area (Å²) in [4.78, 5) is 4.86. The Morgan fingerprint density at radius 3 is 2.71 bits per heavy atom. The van der Waals surface area contributed by atoms with Crippen LogP contribution in [0, 0.1) is 0 Å². The van der Waals surface area contributed by atoms with Crippen molar-refractivity contribution in [3.63, 3.8) is 0 Å². The largest absolute Gasteiger partial charge is 0.491 e. The summed E-state index contributed by atoms with van der Waals surface area (Å²) in [5.41, 5.74) is 4.97. The van der Waals surface area contributed by atoms with Crippen molar-refractivity contribution < 1.29 is 9.84 Å². The number of rotatable bonds is 6. The molecule has 148 valence electrons. The van der Waals surface area contributed by atoms with Crippen molar-refractivity contribution in [1.82, 2.24) is 9.55 Å².